The number of carbonyl (C=O) groups excluding carboxylic acids is 3. The minimum Gasteiger partial charge on any atom is -0.459 e. The van der Waals surface area contributed by atoms with Crippen molar-refractivity contribution < 1.29 is 38.9 Å². The smallest absolute Gasteiger partial charge is 0.323 e. The molecule has 4 atom stereocenters. The zero-order chi connectivity index (χ0) is 37.1. The molecule has 52 heavy (non-hydrogen) atoms. The number of aliphatic hydroxyl groups excluding tert-OH is 1. The predicted molar refractivity (Wildman–Crippen MR) is 196 cm³/mol. The molecule has 0 aliphatic carbocycles. The number of likely N-dealkylation sites (tertiary alicyclic amines) is 1. The Morgan fingerprint density at radius 1 is 0.865 bits per heavy atom. The molecule has 0 aromatic heterocycles. The van der Waals surface area contributed by atoms with Crippen LogP contribution in [0, 0.1) is 0 Å². The van der Waals surface area contributed by atoms with Gasteiger partial charge >= 0.3 is 5.97 Å². The Bertz CT molecular complexity index is 1620. The molecule has 2 aliphatic rings. The summed E-state index contributed by atoms with van der Waals surface area (Å²) < 4.78 is 18.9. The number of hydroxylamine groups is 1. The number of rotatable bonds is 15. The lowest BCUT2D eigenvalue weighted by atomic mass is 9.98. The Labute approximate surface area is 306 Å². The molecule has 5 rings (SSSR count). The van der Waals surface area contributed by atoms with E-state index in [9.17, 15) is 19.5 Å². The maximum absolute atomic E-state index is 13.1. The van der Waals surface area contributed by atoms with E-state index in [1.165, 1.54) is 0 Å². The normalized spacial score (nSPS) is 20.7. The Morgan fingerprint density at radius 2 is 1.58 bits per heavy atom. The average Bonchev–Trinajstić information content (AvgIpc) is 3.61. The van der Waals surface area contributed by atoms with Gasteiger partial charge in [-0.2, -0.15) is 0 Å². The first-order valence-corrected chi connectivity index (χ1v) is 18.4. The minimum absolute atomic E-state index is 0.0262. The van der Waals surface area contributed by atoms with E-state index in [1.807, 2.05) is 87.5 Å². The molecule has 0 radical (unpaired) electrons. The second-order valence-electron chi connectivity index (χ2n) is 14.7. The number of esters is 1. The Hall–Kier alpha value is -4.13. The van der Waals surface area contributed by atoms with Crippen molar-refractivity contribution in [3.05, 3.63) is 95.1 Å². The topological polar surface area (TPSA) is 147 Å². The number of hydrogen-bond donors (Lipinski definition) is 4. The van der Waals surface area contributed by atoms with Crippen LogP contribution in [0.3, 0.4) is 0 Å². The largest absolute Gasteiger partial charge is 0.459 e. The summed E-state index contributed by atoms with van der Waals surface area (Å²) >= 11 is 0. The summed E-state index contributed by atoms with van der Waals surface area (Å²) in [7, 11) is 0. The van der Waals surface area contributed by atoms with Crippen LogP contribution in [0.5, 0.6) is 0 Å². The van der Waals surface area contributed by atoms with Crippen LogP contribution >= 0.6 is 0 Å². The van der Waals surface area contributed by atoms with Crippen LogP contribution in [0.25, 0.3) is 11.1 Å². The van der Waals surface area contributed by atoms with Gasteiger partial charge in [-0.15, -0.1) is 0 Å². The van der Waals surface area contributed by atoms with Gasteiger partial charge in [-0.05, 0) is 86.9 Å². The average molecular weight is 716 g/mol. The van der Waals surface area contributed by atoms with Crippen molar-refractivity contribution in [3.63, 3.8) is 0 Å². The fraction of sp³-hybridized carbons (Fsp3) is 0.488. The summed E-state index contributed by atoms with van der Waals surface area (Å²) in [6.45, 7) is 7.45. The Kier molecular flexibility index (Phi) is 14.0. The lowest BCUT2D eigenvalue weighted by molar-refractivity contribution is -0.253. The SMILES string of the molecule is CC(C)(C)OC(=O)C1CCCN1CC1CC(c2ccc(CO)cc2)OC(c2ccc(-c3cccc(CNC(=O)CCCCCC(=O)NO)c3)cc2)O1. The van der Waals surface area contributed by atoms with Crippen molar-refractivity contribution in [3.8, 4) is 11.1 Å². The van der Waals surface area contributed by atoms with Crippen LogP contribution < -0.4 is 10.8 Å². The van der Waals surface area contributed by atoms with E-state index < -0.39 is 17.8 Å². The van der Waals surface area contributed by atoms with Crippen molar-refractivity contribution in [1.82, 2.24) is 15.7 Å². The summed E-state index contributed by atoms with van der Waals surface area (Å²) in [5.41, 5.74) is 6.82. The van der Waals surface area contributed by atoms with E-state index in [-0.39, 0.29) is 43.2 Å². The molecule has 4 unspecified atom stereocenters. The maximum atomic E-state index is 13.1. The van der Waals surface area contributed by atoms with Crippen molar-refractivity contribution in [2.24, 2.45) is 0 Å². The van der Waals surface area contributed by atoms with Crippen LogP contribution in [0.15, 0.2) is 72.8 Å². The van der Waals surface area contributed by atoms with Gasteiger partial charge in [-0.25, -0.2) is 5.48 Å². The van der Waals surface area contributed by atoms with E-state index in [4.69, 9.17) is 19.4 Å². The Morgan fingerprint density at radius 3 is 2.27 bits per heavy atom. The second-order valence-corrected chi connectivity index (χ2v) is 14.7. The number of carbonyl (C=O) groups is 3. The first-order valence-electron chi connectivity index (χ1n) is 18.4. The highest BCUT2D eigenvalue weighted by molar-refractivity contribution is 5.77. The molecular formula is C41H53N3O8. The van der Waals surface area contributed by atoms with Crippen LogP contribution in [-0.2, 0) is 41.7 Å². The van der Waals surface area contributed by atoms with E-state index in [2.05, 4.69) is 16.3 Å². The standard InChI is InChI=1S/C41H53N3O8/c1-41(2,3)52-39(48)35-11-8-22-44(35)26-34-24-36(31-16-14-28(27-45)15-17-31)51-40(50-34)32-20-18-30(19-21-32)33-10-7-9-29(23-33)25-42-37(46)12-5-4-6-13-38(47)43-49/h7,9-10,14-21,23,34-36,40,45,49H,4-6,8,11-13,22,24-27H2,1-3H3,(H,42,46)(H,43,47). The third-order valence-corrected chi connectivity index (χ3v) is 9.46. The van der Waals surface area contributed by atoms with Crippen LogP contribution in [-0.4, -0.2) is 63.8 Å². The second kappa shape index (κ2) is 18.6. The molecule has 4 N–H and O–H groups in total. The monoisotopic (exact) mass is 715 g/mol. The quantitative estimate of drug-likeness (QED) is 0.0619. The number of ether oxygens (including phenoxy) is 3. The van der Waals surface area contributed by atoms with E-state index >= 15 is 0 Å². The summed E-state index contributed by atoms with van der Waals surface area (Å²) in [6, 6.07) is 23.7. The molecule has 0 saturated carbocycles. The molecule has 0 spiro atoms. The van der Waals surface area contributed by atoms with Gasteiger partial charge in [0.05, 0.1) is 18.8 Å². The number of aliphatic hydroxyl groups is 1. The highest BCUT2D eigenvalue weighted by Crippen LogP contribution is 2.39. The van der Waals surface area contributed by atoms with Crippen LogP contribution in [0.2, 0.25) is 0 Å². The van der Waals surface area contributed by atoms with Crippen molar-refractivity contribution in [2.75, 3.05) is 13.1 Å². The molecule has 2 saturated heterocycles. The number of unbranched alkanes of at least 4 members (excludes halogenated alkanes) is 2. The third-order valence-electron chi connectivity index (χ3n) is 9.46. The molecular weight excluding hydrogens is 662 g/mol. The molecule has 2 aliphatic heterocycles. The first kappa shape index (κ1) is 39.1. The molecule has 2 fully saturated rings. The van der Waals surface area contributed by atoms with Crippen molar-refractivity contribution >= 4 is 17.8 Å². The fourth-order valence-electron chi connectivity index (χ4n) is 6.76. The van der Waals surface area contributed by atoms with Gasteiger partial charge in [0.25, 0.3) is 0 Å². The zero-order valence-electron chi connectivity index (χ0n) is 30.5. The Balaban J connectivity index is 1.23. The number of nitrogens with zero attached hydrogens (tertiary/aromatic N) is 1. The van der Waals surface area contributed by atoms with Gasteiger partial charge in [0.1, 0.15) is 11.6 Å². The van der Waals surface area contributed by atoms with Crippen molar-refractivity contribution in [2.45, 2.75) is 115 Å². The van der Waals surface area contributed by atoms with Gasteiger partial charge < -0.3 is 24.6 Å². The van der Waals surface area contributed by atoms with Crippen LogP contribution in [0.4, 0.5) is 0 Å². The summed E-state index contributed by atoms with van der Waals surface area (Å²) in [5, 5.41) is 21.1. The predicted octanol–water partition coefficient (Wildman–Crippen LogP) is 6.27. The number of amides is 2. The molecule has 2 heterocycles. The molecule has 11 heteroatoms. The molecule has 11 nitrogen and oxygen atoms in total. The van der Waals surface area contributed by atoms with Gasteiger partial charge in [-0.3, -0.25) is 24.5 Å². The molecule has 2 amide bonds. The van der Waals surface area contributed by atoms with Crippen LogP contribution in [0.1, 0.15) is 107 Å². The zero-order valence-corrected chi connectivity index (χ0v) is 30.5. The van der Waals surface area contributed by atoms with Gasteiger partial charge in [0.15, 0.2) is 6.29 Å². The third kappa shape index (κ3) is 11.4. The highest BCUT2D eigenvalue weighted by Gasteiger charge is 2.39. The molecule has 3 aromatic rings. The molecule has 0 bridgehead atoms. The molecule has 3 aromatic carbocycles. The van der Waals surface area contributed by atoms with Crippen molar-refractivity contribution in [1.29, 1.82) is 0 Å². The summed E-state index contributed by atoms with van der Waals surface area (Å²) in [4.78, 5) is 38.8. The number of nitrogens with one attached hydrogen (secondary N) is 2. The van der Waals surface area contributed by atoms with E-state index in [0.717, 1.165) is 59.2 Å². The maximum Gasteiger partial charge on any atom is 0.323 e. The van der Waals surface area contributed by atoms with E-state index in [0.29, 0.717) is 38.8 Å². The minimum atomic E-state index is -0.619. The lowest BCUT2D eigenvalue weighted by Crippen LogP contribution is -2.45. The van der Waals surface area contributed by atoms with Gasteiger partial charge in [-0.1, -0.05) is 73.2 Å². The summed E-state index contributed by atoms with van der Waals surface area (Å²) in [5.74, 6) is -0.645. The lowest BCUT2D eigenvalue weighted by Gasteiger charge is -2.38. The fourth-order valence-corrected chi connectivity index (χ4v) is 6.76. The number of benzene rings is 3. The van der Waals surface area contributed by atoms with Gasteiger partial charge in [0.2, 0.25) is 11.8 Å². The van der Waals surface area contributed by atoms with Gasteiger partial charge in [0, 0.05) is 37.9 Å². The first-order chi connectivity index (χ1) is 25.0. The van der Waals surface area contributed by atoms with E-state index in [1.54, 1.807) is 5.48 Å². The molecule has 280 valence electrons. The summed E-state index contributed by atoms with van der Waals surface area (Å²) in [6.07, 6.45) is 3.91. The highest BCUT2D eigenvalue weighted by atomic mass is 16.7. The number of hydrogen-bond acceptors (Lipinski definition) is 9.